The highest BCUT2D eigenvalue weighted by Crippen LogP contribution is 2.25. The van der Waals surface area contributed by atoms with Gasteiger partial charge in [-0.1, -0.05) is 41.4 Å². The number of rotatable bonds is 11. The molecule has 1 N–H and O–H groups in total. The molecule has 3 aromatic carbocycles. The minimum Gasteiger partial charge on any atom is -0.494 e. The van der Waals surface area contributed by atoms with E-state index in [-0.39, 0.29) is 17.3 Å². The summed E-state index contributed by atoms with van der Waals surface area (Å²) in [5.41, 5.74) is 2.54. The van der Waals surface area contributed by atoms with Crippen LogP contribution in [-0.4, -0.2) is 34.0 Å². The van der Waals surface area contributed by atoms with Crippen LogP contribution in [0.4, 0.5) is 5.69 Å². The second kappa shape index (κ2) is 11.9. The zero-order chi connectivity index (χ0) is 24.6. The topological polar surface area (TPSA) is 75.7 Å². The average Bonchev–Trinajstić information content (AvgIpc) is 2.83. The highest BCUT2D eigenvalue weighted by atomic mass is 35.5. The number of ether oxygens (including phenoxy) is 1. The summed E-state index contributed by atoms with van der Waals surface area (Å²) in [5.74, 6) is 0.216. The third kappa shape index (κ3) is 6.98. The summed E-state index contributed by atoms with van der Waals surface area (Å²) in [6.07, 6.45) is 1.51. The maximum absolute atomic E-state index is 13.5. The minimum atomic E-state index is -3.97. The smallest absolute Gasteiger partial charge is 0.264 e. The Morgan fingerprint density at radius 1 is 0.971 bits per heavy atom. The molecule has 0 saturated heterocycles. The van der Waals surface area contributed by atoms with Gasteiger partial charge in [0.2, 0.25) is 5.91 Å². The molecule has 34 heavy (non-hydrogen) atoms. The third-order valence-electron chi connectivity index (χ3n) is 5.21. The van der Waals surface area contributed by atoms with Gasteiger partial charge in [0.05, 0.1) is 17.2 Å². The molecule has 3 rings (SSSR count). The number of aryl methyl sites for hydroxylation is 2. The van der Waals surface area contributed by atoms with Crippen LogP contribution in [0.25, 0.3) is 0 Å². The Morgan fingerprint density at radius 3 is 2.24 bits per heavy atom. The lowest BCUT2D eigenvalue weighted by Gasteiger charge is -2.24. The van der Waals surface area contributed by atoms with E-state index in [0.29, 0.717) is 29.6 Å². The summed E-state index contributed by atoms with van der Waals surface area (Å²) in [6.45, 7) is 4.38. The summed E-state index contributed by atoms with van der Waals surface area (Å²) in [5, 5.41) is 3.52. The van der Waals surface area contributed by atoms with Crippen molar-refractivity contribution in [3.8, 4) is 5.75 Å². The standard InChI is InChI=1S/C26H29ClN2O4S/c1-3-33-24-14-16-25(17-15-24)34(31,32)29(23-12-6-20(2)7-13-23)19-26(30)28-18-4-5-21-8-10-22(27)11-9-21/h6-17H,3-5,18-19H2,1-2H3,(H,28,30). The molecule has 0 spiro atoms. The van der Waals surface area contributed by atoms with E-state index in [1.54, 1.807) is 24.3 Å². The van der Waals surface area contributed by atoms with E-state index in [9.17, 15) is 13.2 Å². The Kier molecular flexibility index (Phi) is 8.96. The highest BCUT2D eigenvalue weighted by Gasteiger charge is 2.27. The Hall–Kier alpha value is -3.03. The first kappa shape index (κ1) is 25.6. The van der Waals surface area contributed by atoms with Crippen LogP contribution < -0.4 is 14.4 Å². The van der Waals surface area contributed by atoms with E-state index in [0.717, 1.165) is 28.3 Å². The second-order valence-electron chi connectivity index (χ2n) is 7.83. The zero-order valence-electron chi connectivity index (χ0n) is 19.3. The lowest BCUT2D eigenvalue weighted by atomic mass is 10.1. The number of anilines is 1. The van der Waals surface area contributed by atoms with E-state index in [1.807, 2.05) is 50.2 Å². The molecule has 0 aromatic heterocycles. The number of sulfonamides is 1. The summed E-state index contributed by atoms with van der Waals surface area (Å²) in [6, 6.07) is 20.8. The first-order valence-electron chi connectivity index (χ1n) is 11.1. The van der Waals surface area contributed by atoms with Crippen molar-refractivity contribution in [1.82, 2.24) is 5.32 Å². The van der Waals surface area contributed by atoms with Gasteiger partial charge in [0.25, 0.3) is 10.0 Å². The van der Waals surface area contributed by atoms with Crippen molar-refractivity contribution in [1.29, 1.82) is 0 Å². The number of nitrogens with one attached hydrogen (secondary N) is 1. The minimum absolute atomic E-state index is 0.0899. The van der Waals surface area contributed by atoms with Gasteiger partial charge in [-0.15, -0.1) is 0 Å². The van der Waals surface area contributed by atoms with Crippen molar-refractivity contribution < 1.29 is 17.9 Å². The number of carbonyl (C=O) groups excluding carboxylic acids is 1. The normalized spacial score (nSPS) is 11.1. The number of benzene rings is 3. The maximum Gasteiger partial charge on any atom is 0.264 e. The van der Waals surface area contributed by atoms with Gasteiger partial charge in [0.15, 0.2) is 0 Å². The van der Waals surface area contributed by atoms with Crippen LogP contribution in [0.15, 0.2) is 77.7 Å². The quantitative estimate of drug-likeness (QED) is 0.376. The van der Waals surface area contributed by atoms with Gasteiger partial charge in [-0.2, -0.15) is 0 Å². The molecule has 3 aromatic rings. The highest BCUT2D eigenvalue weighted by molar-refractivity contribution is 7.92. The number of halogens is 1. The van der Waals surface area contributed by atoms with Gasteiger partial charge in [-0.3, -0.25) is 9.10 Å². The molecule has 8 heteroatoms. The molecule has 180 valence electrons. The van der Waals surface area contributed by atoms with Gasteiger partial charge >= 0.3 is 0 Å². The van der Waals surface area contributed by atoms with Crippen LogP contribution in [0.2, 0.25) is 5.02 Å². The molecule has 0 aliphatic carbocycles. The number of hydrogen-bond acceptors (Lipinski definition) is 4. The summed E-state index contributed by atoms with van der Waals surface area (Å²) < 4.78 is 33.5. The van der Waals surface area contributed by atoms with E-state index < -0.39 is 10.0 Å². The van der Waals surface area contributed by atoms with Crippen LogP contribution in [-0.2, 0) is 21.2 Å². The van der Waals surface area contributed by atoms with Crippen molar-refractivity contribution >= 4 is 33.2 Å². The number of nitrogens with zero attached hydrogens (tertiary/aromatic N) is 1. The Morgan fingerprint density at radius 2 is 1.62 bits per heavy atom. The molecule has 0 fully saturated rings. The lowest BCUT2D eigenvalue weighted by Crippen LogP contribution is -2.41. The first-order chi connectivity index (χ1) is 16.3. The monoisotopic (exact) mass is 500 g/mol. The Balaban J connectivity index is 1.70. The largest absolute Gasteiger partial charge is 0.494 e. The summed E-state index contributed by atoms with van der Waals surface area (Å²) in [4.78, 5) is 12.8. The first-order valence-corrected chi connectivity index (χ1v) is 12.9. The van der Waals surface area contributed by atoms with Crippen LogP contribution in [0, 0.1) is 6.92 Å². The fourth-order valence-electron chi connectivity index (χ4n) is 3.39. The number of amides is 1. The Bertz CT molecular complexity index is 1180. The van der Waals surface area contributed by atoms with E-state index in [2.05, 4.69) is 5.32 Å². The van der Waals surface area contributed by atoms with E-state index in [1.165, 1.54) is 12.1 Å². The molecular weight excluding hydrogens is 472 g/mol. The molecule has 0 aliphatic heterocycles. The maximum atomic E-state index is 13.5. The molecule has 0 unspecified atom stereocenters. The van der Waals surface area contributed by atoms with Crippen molar-refractivity contribution in [3.63, 3.8) is 0 Å². The summed E-state index contributed by atoms with van der Waals surface area (Å²) in [7, 11) is -3.97. The fraction of sp³-hybridized carbons (Fsp3) is 0.269. The predicted octanol–water partition coefficient (Wildman–Crippen LogP) is 4.99. The molecule has 0 bridgehead atoms. The van der Waals surface area contributed by atoms with Crippen molar-refractivity contribution in [2.75, 3.05) is 24.0 Å². The third-order valence-corrected chi connectivity index (χ3v) is 7.25. The second-order valence-corrected chi connectivity index (χ2v) is 10.1. The lowest BCUT2D eigenvalue weighted by molar-refractivity contribution is -0.119. The van der Waals surface area contributed by atoms with Crippen LogP contribution in [0.5, 0.6) is 5.75 Å². The number of hydrogen-bond donors (Lipinski definition) is 1. The van der Waals surface area contributed by atoms with E-state index in [4.69, 9.17) is 16.3 Å². The van der Waals surface area contributed by atoms with Crippen molar-refractivity contribution in [3.05, 3.63) is 88.9 Å². The van der Waals surface area contributed by atoms with Gasteiger partial charge in [-0.25, -0.2) is 8.42 Å². The molecule has 0 saturated carbocycles. The summed E-state index contributed by atoms with van der Waals surface area (Å²) >= 11 is 5.91. The van der Waals surface area contributed by atoms with E-state index >= 15 is 0 Å². The molecule has 0 heterocycles. The number of carbonyl (C=O) groups is 1. The van der Waals surface area contributed by atoms with Gasteiger partial charge < -0.3 is 10.1 Å². The molecule has 0 radical (unpaired) electrons. The molecule has 1 amide bonds. The van der Waals surface area contributed by atoms with Gasteiger partial charge in [0.1, 0.15) is 12.3 Å². The van der Waals surface area contributed by atoms with Gasteiger partial charge in [-0.05, 0) is 80.8 Å². The van der Waals surface area contributed by atoms with Crippen LogP contribution in [0.3, 0.4) is 0 Å². The zero-order valence-corrected chi connectivity index (χ0v) is 20.9. The molecule has 0 aliphatic rings. The van der Waals surface area contributed by atoms with Crippen LogP contribution in [0.1, 0.15) is 24.5 Å². The van der Waals surface area contributed by atoms with Crippen molar-refractivity contribution in [2.45, 2.75) is 31.6 Å². The fourth-order valence-corrected chi connectivity index (χ4v) is 4.93. The average molecular weight is 501 g/mol. The molecular formula is C26H29ClN2O4S. The van der Waals surface area contributed by atoms with Gasteiger partial charge in [0, 0.05) is 11.6 Å². The van der Waals surface area contributed by atoms with Crippen molar-refractivity contribution in [2.24, 2.45) is 0 Å². The predicted molar refractivity (Wildman–Crippen MR) is 136 cm³/mol. The molecule has 6 nitrogen and oxygen atoms in total. The SMILES string of the molecule is CCOc1ccc(S(=O)(=O)N(CC(=O)NCCCc2ccc(Cl)cc2)c2ccc(C)cc2)cc1. The van der Waals surface area contributed by atoms with Crippen LogP contribution >= 0.6 is 11.6 Å². The molecule has 0 atom stereocenters. The Labute approximate surface area is 206 Å².